The Morgan fingerprint density at radius 1 is 1.11 bits per heavy atom. The number of nitriles is 2. The van der Waals surface area contributed by atoms with E-state index < -0.39 is 17.6 Å². The van der Waals surface area contributed by atoms with Gasteiger partial charge in [-0.25, -0.2) is 9.37 Å². The summed E-state index contributed by atoms with van der Waals surface area (Å²) in [4.78, 5) is 4.07. The zero-order chi connectivity index (χ0) is 20.6. The van der Waals surface area contributed by atoms with Gasteiger partial charge in [-0.3, -0.25) is 4.68 Å². The predicted molar refractivity (Wildman–Crippen MR) is 90.7 cm³/mol. The molecule has 2 N–H and O–H groups in total. The first kappa shape index (κ1) is 18.9. The molecule has 0 atom stereocenters. The van der Waals surface area contributed by atoms with Crippen molar-refractivity contribution in [1.82, 2.24) is 14.8 Å². The summed E-state index contributed by atoms with van der Waals surface area (Å²) >= 11 is 0. The van der Waals surface area contributed by atoms with E-state index in [9.17, 15) is 28.1 Å². The van der Waals surface area contributed by atoms with Crippen LogP contribution in [-0.4, -0.2) is 14.8 Å². The van der Waals surface area contributed by atoms with Crippen molar-refractivity contribution in [3.63, 3.8) is 0 Å². The van der Waals surface area contributed by atoms with Crippen LogP contribution >= 0.6 is 0 Å². The molecule has 6 nitrogen and oxygen atoms in total. The molecular formula is C18H10F4N6. The van der Waals surface area contributed by atoms with Gasteiger partial charge in [-0.2, -0.15) is 28.8 Å². The van der Waals surface area contributed by atoms with E-state index in [0.717, 1.165) is 6.07 Å². The number of nitrogen functional groups attached to an aromatic ring is 1. The van der Waals surface area contributed by atoms with Crippen LogP contribution in [0.4, 0.5) is 23.4 Å². The van der Waals surface area contributed by atoms with Crippen molar-refractivity contribution in [2.75, 3.05) is 5.73 Å². The molecule has 0 spiro atoms. The first-order valence-corrected chi connectivity index (χ1v) is 7.67. The summed E-state index contributed by atoms with van der Waals surface area (Å²) in [7, 11) is 1.63. The highest BCUT2D eigenvalue weighted by Gasteiger charge is 2.34. The topological polar surface area (TPSA) is 104 Å². The Balaban J connectivity index is 2.35. The van der Waals surface area contributed by atoms with Gasteiger partial charge in [0.1, 0.15) is 29.3 Å². The second-order valence-corrected chi connectivity index (χ2v) is 5.79. The number of rotatable bonds is 2. The van der Waals surface area contributed by atoms with Crippen LogP contribution in [0.3, 0.4) is 0 Å². The number of aryl methyl sites for hydroxylation is 1. The van der Waals surface area contributed by atoms with Gasteiger partial charge in [0.2, 0.25) is 0 Å². The molecule has 0 saturated heterocycles. The fourth-order valence-electron chi connectivity index (χ4n) is 2.77. The molecule has 2 heterocycles. The van der Waals surface area contributed by atoms with Gasteiger partial charge in [-0.05, 0) is 17.7 Å². The molecule has 0 unspecified atom stereocenters. The summed E-state index contributed by atoms with van der Waals surface area (Å²) in [6.45, 7) is 0. The lowest BCUT2D eigenvalue weighted by Gasteiger charge is -2.14. The molecule has 28 heavy (non-hydrogen) atoms. The molecule has 0 saturated carbocycles. The number of alkyl halides is 3. The van der Waals surface area contributed by atoms with Gasteiger partial charge in [-0.1, -0.05) is 6.07 Å². The van der Waals surface area contributed by atoms with E-state index in [1.54, 1.807) is 19.3 Å². The van der Waals surface area contributed by atoms with Gasteiger partial charge in [0, 0.05) is 24.4 Å². The number of hydrogen-bond donors (Lipinski definition) is 1. The second-order valence-electron chi connectivity index (χ2n) is 5.79. The molecule has 0 aliphatic rings. The standard InChI is InChI=1S/C18H10F4N6/c1-28-8-10(7-26-28)16-11(5-23)15(12(6-24)17(25)27-16)9-2-3-13(14(19)4-9)18(20,21)22/h2-4,7-8H,1H3,(H2,25,27). The summed E-state index contributed by atoms with van der Waals surface area (Å²) in [6, 6.07) is 5.81. The van der Waals surface area contributed by atoms with Crippen molar-refractivity contribution in [2.24, 2.45) is 7.05 Å². The molecule has 1 aromatic carbocycles. The van der Waals surface area contributed by atoms with Crippen molar-refractivity contribution >= 4 is 5.82 Å². The molecule has 140 valence electrons. The zero-order valence-electron chi connectivity index (χ0n) is 14.2. The van der Waals surface area contributed by atoms with E-state index >= 15 is 0 Å². The van der Waals surface area contributed by atoms with Crippen LogP contribution in [0.5, 0.6) is 0 Å². The van der Waals surface area contributed by atoms with Crippen LogP contribution in [0.2, 0.25) is 0 Å². The Labute approximate surface area is 156 Å². The lowest BCUT2D eigenvalue weighted by atomic mass is 9.92. The van der Waals surface area contributed by atoms with E-state index in [-0.39, 0.29) is 33.8 Å². The monoisotopic (exact) mass is 386 g/mol. The van der Waals surface area contributed by atoms with Crippen molar-refractivity contribution in [1.29, 1.82) is 10.5 Å². The van der Waals surface area contributed by atoms with Crippen LogP contribution in [0.15, 0.2) is 30.6 Å². The fraction of sp³-hybridized carbons (Fsp3) is 0.111. The number of pyridine rings is 1. The summed E-state index contributed by atoms with van der Waals surface area (Å²) in [5.74, 6) is -1.77. The highest BCUT2D eigenvalue weighted by atomic mass is 19.4. The van der Waals surface area contributed by atoms with Crippen LogP contribution < -0.4 is 5.73 Å². The van der Waals surface area contributed by atoms with Gasteiger partial charge in [0.25, 0.3) is 0 Å². The minimum absolute atomic E-state index is 0.0856. The number of benzene rings is 1. The van der Waals surface area contributed by atoms with Gasteiger partial charge in [0.05, 0.1) is 23.0 Å². The predicted octanol–water partition coefficient (Wildman–Crippen LogP) is 3.63. The van der Waals surface area contributed by atoms with Crippen LogP contribution in [0, 0.1) is 28.5 Å². The summed E-state index contributed by atoms with van der Waals surface area (Å²) in [5, 5.41) is 23.1. The Morgan fingerprint density at radius 3 is 2.29 bits per heavy atom. The summed E-state index contributed by atoms with van der Waals surface area (Å²) in [5.41, 5.74) is 4.31. The third kappa shape index (κ3) is 3.12. The number of hydrogen-bond acceptors (Lipinski definition) is 5. The van der Waals surface area contributed by atoms with Crippen molar-refractivity contribution < 1.29 is 17.6 Å². The number of anilines is 1. The third-order valence-corrected chi connectivity index (χ3v) is 3.99. The first-order chi connectivity index (χ1) is 13.2. The molecule has 10 heteroatoms. The van der Waals surface area contributed by atoms with E-state index in [1.807, 2.05) is 6.07 Å². The number of halogens is 4. The molecule has 0 aliphatic carbocycles. The maximum Gasteiger partial charge on any atom is 0.419 e. The molecule has 0 aliphatic heterocycles. The largest absolute Gasteiger partial charge is 0.419 e. The molecule has 0 fully saturated rings. The van der Waals surface area contributed by atoms with Crippen molar-refractivity contribution in [3.05, 3.63) is 53.1 Å². The van der Waals surface area contributed by atoms with E-state index in [0.29, 0.717) is 17.7 Å². The van der Waals surface area contributed by atoms with Crippen LogP contribution in [0.1, 0.15) is 16.7 Å². The molecule has 0 radical (unpaired) electrons. The summed E-state index contributed by atoms with van der Waals surface area (Å²) in [6.07, 6.45) is -1.92. The van der Waals surface area contributed by atoms with E-state index in [2.05, 4.69) is 10.1 Å². The van der Waals surface area contributed by atoms with Gasteiger partial charge < -0.3 is 5.73 Å². The van der Waals surface area contributed by atoms with Crippen LogP contribution in [-0.2, 0) is 13.2 Å². The van der Waals surface area contributed by atoms with Gasteiger partial charge in [0.15, 0.2) is 0 Å². The quantitative estimate of drug-likeness (QED) is 0.677. The van der Waals surface area contributed by atoms with Gasteiger partial charge >= 0.3 is 6.18 Å². The maximum atomic E-state index is 14.1. The Hall–Kier alpha value is -3.92. The Kier molecular flexibility index (Phi) is 4.49. The van der Waals surface area contributed by atoms with Crippen molar-refractivity contribution in [3.8, 4) is 34.5 Å². The normalized spacial score (nSPS) is 11.1. The molecule has 3 aromatic rings. The number of nitrogens with zero attached hydrogens (tertiary/aromatic N) is 5. The average Bonchev–Trinajstić information content (AvgIpc) is 3.05. The van der Waals surface area contributed by atoms with Crippen molar-refractivity contribution in [2.45, 2.75) is 6.18 Å². The molecule has 3 rings (SSSR count). The molecule has 0 amide bonds. The summed E-state index contributed by atoms with van der Waals surface area (Å²) < 4.78 is 54.1. The van der Waals surface area contributed by atoms with Crippen LogP contribution in [0.25, 0.3) is 22.4 Å². The Bertz CT molecular complexity index is 1160. The SMILES string of the molecule is Cn1cc(-c2nc(N)c(C#N)c(-c3ccc(C(F)(F)F)c(F)c3)c2C#N)cn1. The lowest BCUT2D eigenvalue weighted by molar-refractivity contribution is -0.139. The highest BCUT2D eigenvalue weighted by molar-refractivity contribution is 5.86. The smallest absolute Gasteiger partial charge is 0.383 e. The second kappa shape index (κ2) is 6.67. The first-order valence-electron chi connectivity index (χ1n) is 7.67. The number of aromatic nitrogens is 3. The Morgan fingerprint density at radius 2 is 1.79 bits per heavy atom. The zero-order valence-corrected chi connectivity index (χ0v) is 14.2. The highest BCUT2D eigenvalue weighted by Crippen LogP contribution is 2.38. The minimum Gasteiger partial charge on any atom is -0.383 e. The lowest BCUT2D eigenvalue weighted by Crippen LogP contribution is -2.08. The fourth-order valence-corrected chi connectivity index (χ4v) is 2.77. The van der Waals surface area contributed by atoms with E-state index in [4.69, 9.17) is 5.73 Å². The van der Waals surface area contributed by atoms with Gasteiger partial charge in [-0.15, -0.1) is 0 Å². The molecule has 0 bridgehead atoms. The maximum absolute atomic E-state index is 14.1. The molecular weight excluding hydrogens is 376 g/mol. The average molecular weight is 386 g/mol. The molecule has 2 aromatic heterocycles. The van der Waals surface area contributed by atoms with E-state index in [1.165, 1.54) is 10.9 Å². The third-order valence-electron chi connectivity index (χ3n) is 3.99. The number of nitrogens with two attached hydrogens (primary N) is 1. The minimum atomic E-state index is -4.88.